The third-order valence-electron chi connectivity index (χ3n) is 2.57. The number of rotatable bonds is 6. The van der Waals surface area contributed by atoms with Crippen molar-refractivity contribution < 1.29 is 18.3 Å². The smallest absolute Gasteiger partial charge is 0.251 e. The Hall–Kier alpha value is -1.84. The van der Waals surface area contributed by atoms with Gasteiger partial charge in [-0.25, -0.2) is 8.42 Å². The molecule has 0 unspecified atom stereocenters. The number of aliphatic hydroxyl groups is 1. The lowest BCUT2D eigenvalue weighted by atomic mass is 10.1. The maximum atomic E-state index is 11.9. The highest BCUT2D eigenvalue weighted by Crippen LogP contribution is 2.04. The lowest BCUT2D eigenvalue weighted by Crippen LogP contribution is -2.25. The van der Waals surface area contributed by atoms with E-state index in [1.165, 1.54) is 6.26 Å². The molecule has 0 aromatic heterocycles. The number of amides is 1. The molecule has 0 aliphatic carbocycles. The zero-order valence-electron chi connectivity index (χ0n) is 11.9. The zero-order valence-corrected chi connectivity index (χ0v) is 12.7. The summed E-state index contributed by atoms with van der Waals surface area (Å²) in [5.41, 5.74) is 1.18. The number of sulfone groups is 1. The van der Waals surface area contributed by atoms with Gasteiger partial charge in [0.1, 0.15) is 9.84 Å². The van der Waals surface area contributed by atoms with E-state index in [1.807, 2.05) is 0 Å². The standard InChI is InChI=1S/C15H19NO4S/c1-21(19,20)11-5-9-16-15(18)14-8-4-7-13(12-14)6-2-3-10-17/h4,7-8,12,17H,3,5,9-11H2,1H3,(H,16,18). The lowest BCUT2D eigenvalue weighted by Gasteiger charge is -2.05. The van der Waals surface area contributed by atoms with Crippen molar-refractivity contribution in [2.75, 3.05) is 25.2 Å². The maximum Gasteiger partial charge on any atom is 0.251 e. The van der Waals surface area contributed by atoms with Gasteiger partial charge in [0.2, 0.25) is 0 Å². The van der Waals surface area contributed by atoms with E-state index >= 15 is 0 Å². The van der Waals surface area contributed by atoms with Crippen LogP contribution in [0, 0.1) is 11.8 Å². The molecule has 0 bridgehead atoms. The van der Waals surface area contributed by atoms with Crippen LogP contribution in [0.1, 0.15) is 28.8 Å². The summed E-state index contributed by atoms with van der Waals surface area (Å²) in [6.45, 7) is 0.319. The maximum absolute atomic E-state index is 11.9. The van der Waals surface area contributed by atoms with Gasteiger partial charge in [-0.1, -0.05) is 17.9 Å². The molecule has 1 rings (SSSR count). The molecule has 1 aromatic rings. The van der Waals surface area contributed by atoms with Crippen LogP contribution in [0.3, 0.4) is 0 Å². The molecule has 0 saturated heterocycles. The van der Waals surface area contributed by atoms with Gasteiger partial charge >= 0.3 is 0 Å². The van der Waals surface area contributed by atoms with Crippen molar-refractivity contribution in [3.63, 3.8) is 0 Å². The highest BCUT2D eigenvalue weighted by molar-refractivity contribution is 7.90. The molecule has 0 spiro atoms. The van der Waals surface area contributed by atoms with E-state index in [1.54, 1.807) is 24.3 Å². The molecule has 5 nitrogen and oxygen atoms in total. The van der Waals surface area contributed by atoms with Crippen LogP contribution in [0.2, 0.25) is 0 Å². The van der Waals surface area contributed by atoms with Gasteiger partial charge in [0, 0.05) is 30.3 Å². The number of nitrogens with one attached hydrogen (secondary N) is 1. The van der Waals surface area contributed by atoms with Crippen LogP contribution in [-0.4, -0.2) is 44.6 Å². The Morgan fingerprint density at radius 3 is 2.81 bits per heavy atom. The Morgan fingerprint density at radius 2 is 2.14 bits per heavy atom. The number of aliphatic hydroxyl groups excluding tert-OH is 1. The van der Waals surface area contributed by atoms with E-state index in [0.717, 1.165) is 0 Å². The third-order valence-corrected chi connectivity index (χ3v) is 3.60. The van der Waals surface area contributed by atoms with Crippen molar-refractivity contribution in [2.45, 2.75) is 12.8 Å². The second kappa shape index (κ2) is 8.45. The first-order valence-corrected chi connectivity index (χ1v) is 8.64. The van der Waals surface area contributed by atoms with Crippen LogP contribution in [0.4, 0.5) is 0 Å². The molecule has 1 amide bonds. The second-order valence-corrected chi connectivity index (χ2v) is 6.86. The van der Waals surface area contributed by atoms with Crippen molar-refractivity contribution in [1.82, 2.24) is 5.32 Å². The largest absolute Gasteiger partial charge is 0.395 e. The van der Waals surface area contributed by atoms with Crippen molar-refractivity contribution in [2.24, 2.45) is 0 Å². The molecular weight excluding hydrogens is 290 g/mol. The van der Waals surface area contributed by atoms with Crippen molar-refractivity contribution >= 4 is 15.7 Å². The molecule has 0 fully saturated rings. The monoisotopic (exact) mass is 309 g/mol. The molecule has 0 aliphatic heterocycles. The van der Waals surface area contributed by atoms with E-state index < -0.39 is 9.84 Å². The van der Waals surface area contributed by atoms with Crippen LogP contribution in [0.5, 0.6) is 0 Å². The molecule has 0 saturated carbocycles. The van der Waals surface area contributed by atoms with E-state index in [9.17, 15) is 13.2 Å². The fraction of sp³-hybridized carbons (Fsp3) is 0.400. The van der Waals surface area contributed by atoms with Crippen LogP contribution >= 0.6 is 0 Å². The summed E-state index contributed by atoms with van der Waals surface area (Å²) in [4.78, 5) is 11.9. The fourth-order valence-corrected chi connectivity index (χ4v) is 2.27. The van der Waals surface area contributed by atoms with Crippen molar-refractivity contribution in [3.05, 3.63) is 35.4 Å². The van der Waals surface area contributed by atoms with Crippen LogP contribution in [0.25, 0.3) is 0 Å². The van der Waals surface area contributed by atoms with Crippen LogP contribution in [0.15, 0.2) is 24.3 Å². The zero-order chi connectivity index (χ0) is 15.7. The molecule has 114 valence electrons. The molecule has 0 heterocycles. The number of hydrogen-bond donors (Lipinski definition) is 2. The fourth-order valence-electron chi connectivity index (χ4n) is 1.60. The summed E-state index contributed by atoms with van der Waals surface area (Å²) in [7, 11) is -3.00. The highest BCUT2D eigenvalue weighted by Gasteiger charge is 2.06. The van der Waals surface area contributed by atoms with E-state index in [2.05, 4.69) is 17.2 Å². The average Bonchev–Trinajstić information content (AvgIpc) is 2.43. The predicted molar refractivity (Wildman–Crippen MR) is 81.7 cm³/mol. The molecule has 0 radical (unpaired) electrons. The van der Waals surface area contributed by atoms with Gasteiger partial charge in [-0.3, -0.25) is 4.79 Å². The van der Waals surface area contributed by atoms with Gasteiger partial charge in [-0.05, 0) is 24.6 Å². The topological polar surface area (TPSA) is 83.5 Å². The molecule has 0 aliphatic rings. The molecular formula is C15H19NO4S. The quantitative estimate of drug-likeness (QED) is 0.595. The van der Waals surface area contributed by atoms with Crippen LogP contribution < -0.4 is 5.32 Å². The molecule has 2 N–H and O–H groups in total. The lowest BCUT2D eigenvalue weighted by molar-refractivity contribution is 0.0953. The number of benzene rings is 1. The minimum Gasteiger partial charge on any atom is -0.395 e. The first kappa shape index (κ1) is 17.2. The third kappa shape index (κ3) is 7.49. The van der Waals surface area contributed by atoms with E-state index in [-0.39, 0.29) is 18.3 Å². The normalized spacial score (nSPS) is 10.6. The molecule has 6 heteroatoms. The number of carbonyl (C=O) groups is 1. The summed E-state index contributed by atoms with van der Waals surface area (Å²) in [5, 5.41) is 11.3. The first-order valence-electron chi connectivity index (χ1n) is 6.58. The molecule has 1 aromatic carbocycles. The molecule has 21 heavy (non-hydrogen) atoms. The van der Waals surface area contributed by atoms with Crippen molar-refractivity contribution in [1.29, 1.82) is 0 Å². The summed E-state index contributed by atoms with van der Waals surface area (Å²) in [5.74, 6) is 5.45. The first-order chi connectivity index (χ1) is 9.92. The average molecular weight is 309 g/mol. The summed E-state index contributed by atoms with van der Waals surface area (Å²) >= 11 is 0. The number of carbonyl (C=O) groups excluding carboxylic acids is 1. The highest BCUT2D eigenvalue weighted by atomic mass is 32.2. The Bertz CT molecular complexity index is 641. The van der Waals surface area contributed by atoms with Gasteiger partial charge in [-0.2, -0.15) is 0 Å². The summed E-state index contributed by atoms with van der Waals surface area (Å²) in [6, 6.07) is 6.85. The van der Waals surface area contributed by atoms with Crippen molar-refractivity contribution in [3.8, 4) is 11.8 Å². The van der Waals surface area contributed by atoms with Gasteiger partial charge in [-0.15, -0.1) is 0 Å². The Kier molecular flexibility index (Phi) is 6.92. The second-order valence-electron chi connectivity index (χ2n) is 4.60. The van der Waals surface area contributed by atoms with E-state index in [4.69, 9.17) is 5.11 Å². The predicted octanol–water partition coefficient (Wildman–Crippen LogP) is 0.585. The summed E-state index contributed by atoms with van der Waals surface area (Å²) in [6.07, 6.45) is 1.95. The van der Waals surface area contributed by atoms with E-state index in [0.29, 0.717) is 30.5 Å². The van der Waals surface area contributed by atoms with Gasteiger partial charge < -0.3 is 10.4 Å². The molecule has 0 atom stereocenters. The minimum atomic E-state index is -3.00. The van der Waals surface area contributed by atoms with Gasteiger partial charge in [0.15, 0.2) is 0 Å². The Labute approximate surface area is 125 Å². The number of hydrogen-bond acceptors (Lipinski definition) is 4. The summed E-state index contributed by atoms with van der Waals surface area (Å²) < 4.78 is 21.9. The minimum absolute atomic E-state index is 0.00745. The SMILES string of the molecule is CS(=O)(=O)CCCNC(=O)c1cccc(C#CCCO)c1. The Balaban J connectivity index is 2.55. The van der Waals surface area contributed by atoms with Gasteiger partial charge in [0.05, 0.1) is 12.4 Å². The Morgan fingerprint density at radius 1 is 1.38 bits per heavy atom. The van der Waals surface area contributed by atoms with Gasteiger partial charge in [0.25, 0.3) is 5.91 Å². The van der Waals surface area contributed by atoms with Crippen LogP contribution in [-0.2, 0) is 9.84 Å².